The largest absolute Gasteiger partial charge is 0.346 e. The Kier molecular flexibility index (Phi) is 4.61. The second-order valence-corrected chi connectivity index (χ2v) is 5.89. The molecule has 1 amide bonds. The number of aromatic nitrogens is 3. The van der Waals surface area contributed by atoms with Gasteiger partial charge in [0, 0.05) is 5.69 Å². The van der Waals surface area contributed by atoms with Crippen LogP contribution >= 0.6 is 0 Å². The number of carbonyl (C=O) groups excluding carboxylic acids is 1. The molecule has 0 fully saturated rings. The van der Waals surface area contributed by atoms with Gasteiger partial charge in [-0.05, 0) is 57.2 Å². The summed E-state index contributed by atoms with van der Waals surface area (Å²) in [6, 6.07) is 11.7. The zero-order valence-corrected chi connectivity index (χ0v) is 14.4. The average molecular weight is 338 g/mol. The molecule has 5 nitrogen and oxygen atoms in total. The maximum Gasteiger partial charge on any atom is 0.255 e. The third kappa shape index (κ3) is 3.57. The molecule has 128 valence electrons. The minimum Gasteiger partial charge on any atom is -0.346 e. The van der Waals surface area contributed by atoms with Crippen LogP contribution in [0, 0.1) is 26.6 Å². The van der Waals surface area contributed by atoms with Gasteiger partial charge in [0.2, 0.25) is 0 Å². The molecule has 0 aliphatic rings. The van der Waals surface area contributed by atoms with Gasteiger partial charge in [-0.3, -0.25) is 9.78 Å². The molecule has 6 heteroatoms. The Morgan fingerprint density at radius 3 is 2.52 bits per heavy atom. The van der Waals surface area contributed by atoms with E-state index in [9.17, 15) is 9.18 Å². The molecule has 0 saturated carbocycles. The molecule has 1 N–H and O–H groups in total. The summed E-state index contributed by atoms with van der Waals surface area (Å²) in [5.41, 5.74) is 4.27. The van der Waals surface area contributed by atoms with Crippen molar-refractivity contribution in [3.8, 4) is 5.69 Å². The second-order valence-electron chi connectivity index (χ2n) is 5.89. The molecule has 1 aromatic carbocycles. The maximum absolute atomic E-state index is 13.1. The summed E-state index contributed by atoms with van der Waals surface area (Å²) in [4.78, 5) is 17.0. The number of hydrogen-bond donors (Lipinski definition) is 1. The number of rotatable bonds is 4. The molecule has 0 unspecified atom stereocenters. The fraction of sp³-hybridized carbons (Fsp3) is 0.211. The SMILES string of the molecule is Cc1cccc(CNC(=O)c2c(C)nn(-c3ccc(F)cc3)c2C)n1. The highest BCUT2D eigenvalue weighted by molar-refractivity contribution is 5.96. The summed E-state index contributed by atoms with van der Waals surface area (Å²) in [6.07, 6.45) is 0. The van der Waals surface area contributed by atoms with Crippen LogP contribution in [0.25, 0.3) is 5.69 Å². The topological polar surface area (TPSA) is 59.8 Å². The quantitative estimate of drug-likeness (QED) is 0.794. The van der Waals surface area contributed by atoms with Crippen LogP contribution in [-0.4, -0.2) is 20.7 Å². The first kappa shape index (κ1) is 16.8. The van der Waals surface area contributed by atoms with Crippen molar-refractivity contribution >= 4 is 5.91 Å². The van der Waals surface area contributed by atoms with E-state index < -0.39 is 0 Å². The number of carbonyl (C=O) groups is 1. The Bertz CT molecular complexity index is 916. The van der Waals surface area contributed by atoms with Crippen molar-refractivity contribution in [3.05, 3.63) is 76.6 Å². The van der Waals surface area contributed by atoms with Crippen molar-refractivity contribution in [2.45, 2.75) is 27.3 Å². The summed E-state index contributed by atoms with van der Waals surface area (Å²) < 4.78 is 14.8. The first-order valence-electron chi connectivity index (χ1n) is 7.98. The van der Waals surface area contributed by atoms with Crippen molar-refractivity contribution in [3.63, 3.8) is 0 Å². The monoisotopic (exact) mass is 338 g/mol. The lowest BCUT2D eigenvalue weighted by atomic mass is 10.2. The molecule has 0 atom stereocenters. The molecule has 0 aliphatic carbocycles. The first-order chi connectivity index (χ1) is 12.0. The Morgan fingerprint density at radius 1 is 1.12 bits per heavy atom. The van der Waals surface area contributed by atoms with E-state index in [2.05, 4.69) is 15.4 Å². The number of hydrogen-bond acceptors (Lipinski definition) is 3. The van der Waals surface area contributed by atoms with Gasteiger partial charge in [-0.25, -0.2) is 9.07 Å². The van der Waals surface area contributed by atoms with E-state index in [1.807, 2.05) is 32.0 Å². The summed E-state index contributed by atoms with van der Waals surface area (Å²) in [7, 11) is 0. The molecule has 2 heterocycles. The van der Waals surface area contributed by atoms with E-state index in [-0.39, 0.29) is 11.7 Å². The minimum absolute atomic E-state index is 0.202. The van der Waals surface area contributed by atoms with Gasteiger partial charge in [-0.15, -0.1) is 0 Å². The van der Waals surface area contributed by atoms with Crippen molar-refractivity contribution in [1.29, 1.82) is 0 Å². The van der Waals surface area contributed by atoms with Gasteiger partial charge in [0.15, 0.2) is 0 Å². The van der Waals surface area contributed by atoms with E-state index in [1.165, 1.54) is 12.1 Å². The standard InChI is InChI=1S/C19H19FN4O/c1-12-5-4-6-16(22-12)11-21-19(25)18-13(2)23-24(14(18)3)17-9-7-15(20)8-10-17/h4-10H,11H2,1-3H3,(H,21,25). The fourth-order valence-corrected chi connectivity index (χ4v) is 2.76. The van der Waals surface area contributed by atoms with Crippen LogP contribution in [0.4, 0.5) is 4.39 Å². The molecular formula is C19H19FN4O. The first-order valence-corrected chi connectivity index (χ1v) is 7.98. The predicted molar refractivity (Wildman–Crippen MR) is 93.1 cm³/mol. The van der Waals surface area contributed by atoms with Crippen LogP contribution in [0.5, 0.6) is 0 Å². The number of halogens is 1. The Labute approximate surface area is 145 Å². The molecule has 25 heavy (non-hydrogen) atoms. The van der Waals surface area contributed by atoms with Crippen molar-refractivity contribution in [1.82, 2.24) is 20.1 Å². The Balaban J connectivity index is 1.82. The van der Waals surface area contributed by atoms with Gasteiger partial charge in [0.05, 0.1) is 34.9 Å². The zero-order valence-electron chi connectivity index (χ0n) is 14.4. The molecule has 2 aromatic heterocycles. The lowest BCUT2D eigenvalue weighted by molar-refractivity contribution is 0.0949. The van der Waals surface area contributed by atoms with Crippen LogP contribution in [-0.2, 0) is 6.54 Å². The van der Waals surface area contributed by atoms with E-state index in [0.29, 0.717) is 29.2 Å². The van der Waals surface area contributed by atoms with E-state index in [0.717, 1.165) is 11.4 Å². The molecule has 0 aliphatic heterocycles. The number of aryl methyl sites for hydroxylation is 2. The van der Waals surface area contributed by atoms with E-state index in [1.54, 1.807) is 23.7 Å². The summed E-state index contributed by atoms with van der Waals surface area (Å²) in [5, 5.41) is 7.30. The Hall–Kier alpha value is -3.02. The van der Waals surface area contributed by atoms with Gasteiger partial charge in [0.25, 0.3) is 5.91 Å². The molecule has 0 bridgehead atoms. The van der Waals surface area contributed by atoms with Gasteiger partial charge < -0.3 is 5.32 Å². The smallest absolute Gasteiger partial charge is 0.255 e. The highest BCUT2D eigenvalue weighted by Crippen LogP contribution is 2.18. The Morgan fingerprint density at radius 2 is 1.84 bits per heavy atom. The van der Waals surface area contributed by atoms with Crippen LogP contribution < -0.4 is 5.32 Å². The summed E-state index contributed by atoms with van der Waals surface area (Å²) in [5.74, 6) is -0.513. The van der Waals surface area contributed by atoms with Crippen molar-refractivity contribution in [2.75, 3.05) is 0 Å². The molecule has 3 aromatic rings. The van der Waals surface area contributed by atoms with Gasteiger partial charge >= 0.3 is 0 Å². The van der Waals surface area contributed by atoms with Crippen LogP contribution in [0.3, 0.4) is 0 Å². The molecule has 0 radical (unpaired) electrons. The van der Waals surface area contributed by atoms with Crippen molar-refractivity contribution in [2.24, 2.45) is 0 Å². The van der Waals surface area contributed by atoms with Gasteiger partial charge in [-0.1, -0.05) is 6.07 Å². The molecule has 0 spiro atoms. The highest BCUT2D eigenvalue weighted by Gasteiger charge is 2.19. The lowest BCUT2D eigenvalue weighted by Gasteiger charge is -2.07. The fourth-order valence-electron chi connectivity index (χ4n) is 2.76. The predicted octanol–water partition coefficient (Wildman–Crippen LogP) is 3.26. The average Bonchev–Trinajstić information content (AvgIpc) is 2.88. The van der Waals surface area contributed by atoms with Gasteiger partial charge in [0.1, 0.15) is 5.82 Å². The number of pyridine rings is 1. The number of amides is 1. The zero-order chi connectivity index (χ0) is 18.0. The number of nitrogens with one attached hydrogen (secondary N) is 1. The molecular weight excluding hydrogens is 319 g/mol. The van der Waals surface area contributed by atoms with Crippen LogP contribution in [0.1, 0.15) is 33.1 Å². The van der Waals surface area contributed by atoms with Gasteiger partial charge in [-0.2, -0.15) is 5.10 Å². The maximum atomic E-state index is 13.1. The van der Waals surface area contributed by atoms with Crippen LogP contribution in [0.15, 0.2) is 42.5 Å². The van der Waals surface area contributed by atoms with Crippen LogP contribution in [0.2, 0.25) is 0 Å². The second kappa shape index (κ2) is 6.84. The van der Waals surface area contributed by atoms with Crippen molar-refractivity contribution < 1.29 is 9.18 Å². The number of benzene rings is 1. The normalized spacial score (nSPS) is 10.7. The summed E-state index contributed by atoms with van der Waals surface area (Å²) in [6.45, 7) is 5.86. The summed E-state index contributed by atoms with van der Waals surface area (Å²) >= 11 is 0. The van der Waals surface area contributed by atoms with E-state index in [4.69, 9.17) is 0 Å². The number of nitrogens with zero attached hydrogens (tertiary/aromatic N) is 3. The lowest BCUT2D eigenvalue weighted by Crippen LogP contribution is -2.24. The van der Waals surface area contributed by atoms with E-state index >= 15 is 0 Å². The minimum atomic E-state index is -0.311. The highest BCUT2D eigenvalue weighted by atomic mass is 19.1. The third-order valence-electron chi connectivity index (χ3n) is 3.97. The molecule has 0 saturated heterocycles. The third-order valence-corrected chi connectivity index (χ3v) is 3.97. The molecule has 3 rings (SSSR count).